The Hall–Kier alpha value is -2.81. The van der Waals surface area contributed by atoms with Crippen molar-refractivity contribution in [1.29, 1.82) is 0 Å². The molecule has 0 amide bonds. The Morgan fingerprint density at radius 1 is 0.900 bits per heavy atom. The third-order valence-corrected chi connectivity index (χ3v) is 2.87. The van der Waals surface area contributed by atoms with E-state index < -0.39 is 0 Å². The molecule has 98 valence electrons. The summed E-state index contributed by atoms with van der Waals surface area (Å²) < 4.78 is 5.46. The second-order valence-electron chi connectivity index (χ2n) is 4.32. The molecular formula is C17H13NO2. The number of hydrogen-bond acceptors (Lipinski definition) is 3. The SMILES string of the molecule is Oc1cccc(N=C(c2ccccc2)c2ccco2)c1. The van der Waals surface area contributed by atoms with E-state index in [-0.39, 0.29) is 5.75 Å². The van der Waals surface area contributed by atoms with E-state index in [1.165, 1.54) is 0 Å². The molecule has 3 rings (SSSR count). The van der Waals surface area contributed by atoms with Crippen molar-refractivity contribution in [2.75, 3.05) is 0 Å². The smallest absolute Gasteiger partial charge is 0.152 e. The lowest BCUT2D eigenvalue weighted by Crippen LogP contribution is -2.01. The second kappa shape index (κ2) is 5.45. The fourth-order valence-electron chi connectivity index (χ4n) is 1.96. The molecule has 20 heavy (non-hydrogen) atoms. The van der Waals surface area contributed by atoms with Gasteiger partial charge in [-0.1, -0.05) is 36.4 Å². The summed E-state index contributed by atoms with van der Waals surface area (Å²) in [5.74, 6) is 0.887. The zero-order chi connectivity index (χ0) is 13.8. The van der Waals surface area contributed by atoms with Crippen LogP contribution in [0.1, 0.15) is 11.3 Å². The lowest BCUT2D eigenvalue weighted by molar-refractivity contribution is 0.475. The van der Waals surface area contributed by atoms with E-state index in [0.29, 0.717) is 11.4 Å². The van der Waals surface area contributed by atoms with Crippen LogP contribution in [0.5, 0.6) is 5.75 Å². The average Bonchev–Trinajstić information content (AvgIpc) is 3.00. The van der Waals surface area contributed by atoms with Crippen LogP contribution in [0.4, 0.5) is 5.69 Å². The van der Waals surface area contributed by atoms with Crippen molar-refractivity contribution in [1.82, 2.24) is 0 Å². The molecule has 0 bridgehead atoms. The highest BCUT2D eigenvalue weighted by Crippen LogP contribution is 2.22. The first-order chi connectivity index (χ1) is 9.83. The van der Waals surface area contributed by atoms with E-state index in [9.17, 15) is 5.11 Å². The number of furan rings is 1. The van der Waals surface area contributed by atoms with Crippen molar-refractivity contribution in [3.63, 3.8) is 0 Å². The van der Waals surface area contributed by atoms with Gasteiger partial charge in [-0.3, -0.25) is 0 Å². The van der Waals surface area contributed by atoms with Gasteiger partial charge in [-0.25, -0.2) is 4.99 Å². The third-order valence-electron chi connectivity index (χ3n) is 2.87. The van der Waals surface area contributed by atoms with E-state index >= 15 is 0 Å². The Labute approximate surface area is 116 Å². The number of hydrogen-bond donors (Lipinski definition) is 1. The molecule has 1 heterocycles. The van der Waals surface area contributed by atoms with Crippen LogP contribution < -0.4 is 0 Å². The molecule has 3 nitrogen and oxygen atoms in total. The molecule has 0 unspecified atom stereocenters. The van der Waals surface area contributed by atoms with E-state index in [2.05, 4.69) is 4.99 Å². The molecule has 0 spiro atoms. The van der Waals surface area contributed by atoms with Crippen LogP contribution in [0.15, 0.2) is 82.4 Å². The van der Waals surface area contributed by atoms with Gasteiger partial charge in [-0.05, 0) is 24.3 Å². The van der Waals surface area contributed by atoms with Gasteiger partial charge in [-0.15, -0.1) is 0 Å². The Kier molecular flexibility index (Phi) is 3.33. The summed E-state index contributed by atoms with van der Waals surface area (Å²) in [6.45, 7) is 0. The maximum atomic E-state index is 9.53. The highest BCUT2D eigenvalue weighted by Gasteiger charge is 2.09. The molecule has 0 aliphatic rings. The fraction of sp³-hybridized carbons (Fsp3) is 0. The molecule has 0 saturated carbocycles. The first kappa shape index (κ1) is 12.2. The summed E-state index contributed by atoms with van der Waals surface area (Å²) in [5.41, 5.74) is 2.38. The van der Waals surface area contributed by atoms with Crippen molar-refractivity contribution < 1.29 is 9.52 Å². The zero-order valence-corrected chi connectivity index (χ0v) is 10.7. The van der Waals surface area contributed by atoms with Crippen LogP contribution in [0, 0.1) is 0 Å². The largest absolute Gasteiger partial charge is 0.508 e. The van der Waals surface area contributed by atoms with Crippen LogP contribution in [0.3, 0.4) is 0 Å². The predicted octanol–water partition coefficient (Wildman–Crippen LogP) is 4.15. The molecule has 3 heteroatoms. The zero-order valence-electron chi connectivity index (χ0n) is 10.7. The van der Waals surface area contributed by atoms with Crippen LogP contribution in [-0.2, 0) is 0 Å². The molecule has 0 aliphatic carbocycles. The first-order valence-electron chi connectivity index (χ1n) is 6.30. The topological polar surface area (TPSA) is 45.7 Å². The van der Waals surface area contributed by atoms with Crippen molar-refractivity contribution in [2.24, 2.45) is 4.99 Å². The monoisotopic (exact) mass is 263 g/mol. The molecule has 0 fully saturated rings. The Morgan fingerprint density at radius 3 is 2.45 bits per heavy atom. The van der Waals surface area contributed by atoms with Crippen LogP contribution in [0.25, 0.3) is 0 Å². The summed E-state index contributed by atoms with van der Waals surface area (Å²) in [5, 5.41) is 9.53. The maximum Gasteiger partial charge on any atom is 0.152 e. The normalized spacial score (nSPS) is 11.5. The minimum atomic E-state index is 0.193. The standard InChI is InChI=1S/C17H13NO2/c19-15-9-4-8-14(12-15)18-17(16-10-5-11-20-16)13-6-2-1-3-7-13/h1-12,19H. The highest BCUT2D eigenvalue weighted by atomic mass is 16.3. The Bertz CT molecular complexity index is 716. The van der Waals surface area contributed by atoms with Crippen LogP contribution in [-0.4, -0.2) is 10.8 Å². The first-order valence-corrected chi connectivity index (χ1v) is 6.30. The molecule has 3 aromatic rings. The number of aliphatic imine (C=N–C) groups is 1. The number of aromatic hydroxyl groups is 1. The number of nitrogens with zero attached hydrogens (tertiary/aromatic N) is 1. The lowest BCUT2D eigenvalue weighted by Gasteiger charge is -2.04. The predicted molar refractivity (Wildman–Crippen MR) is 78.6 cm³/mol. The van der Waals surface area contributed by atoms with Gasteiger partial charge < -0.3 is 9.52 Å². The van der Waals surface area contributed by atoms with Gasteiger partial charge in [0, 0.05) is 11.6 Å². The highest BCUT2D eigenvalue weighted by molar-refractivity contribution is 6.12. The maximum absolute atomic E-state index is 9.53. The van der Waals surface area contributed by atoms with Gasteiger partial charge >= 0.3 is 0 Å². The van der Waals surface area contributed by atoms with Gasteiger partial charge in [-0.2, -0.15) is 0 Å². The van der Waals surface area contributed by atoms with Gasteiger partial charge in [0.15, 0.2) is 5.76 Å². The number of benzene rings is 2. The lowest BCUT2D eigenvalue weighted by atomic mass is 10.1. The minimum Gasteiger partial charge on any atom is -0.508 e. The Morgan fingerprint density at radius 2 is 1.75 bits per heavy atom. The quantitative estimate of drug-likeness (QED) is 0.721. The second-order valence-corrected chi connectivity index (χ2v) is 4.32. The van der Waals surface area contributed by atoms with E-state index in [1.54, 1.807) is 24.5 Å². The molecule has 0 atom stereocenters. The van der Waals surface area contributed by atoms with Crippen molar-refractivity contribution in [2.45, 2.75) is 0 Å². The summed E-state index contributed by atoms with van der Waals surface area (Å²) in [4.78, 5) is 4.60. The van der Waals surface area contributed by atoms with Gasteiger partial charge in [0.05, 0.1) is 12.0 Å². The van der Waals surface area contributed by atoms with Crippen LogP contribution >= 0.6 is 0 Å². The molecule has 1 N–H and O–H groups in total. The summed E-state index contributed by atoms with van der Waals surface area (Å²) >= 11 is 0. The van der Waals surface area contributed by atoms with Crippen molar-refractivity contribution in [3.8, 4) is 5.75 Å². The molecule has 1 aromatic heterocycles. The van der Waals surface area contributed by atoms with Gasteiger partial charge in [0.1, 0.15) is 11.5 Å². The molecular weight excluding hydrogens is 250 g/mol. The van der Waals surface area contributed by atoms with E-state index in [4.69, 9.17) is 4.42 Å². The molecule has 0 saturated heterocycles. The molecule has 0 aliphatic heterocycles. The van der Waals surface area contributed by atoms with Crippen molar-refractivity contribution >= 4 is 11.4 Å². The minimum absolute atomic E-state index is 0.193. The van der Waals surface area contributed by atoms with E-state index in [1.807, 2.05) is 48.5 Å². The van der Waals surface area contributed by atoms with Crippen LogP contribution in [0.2, 0.25) is 0 Å². The summed E-state index contributed by atoms with van der Waals surface area (Å²) in [7, 11) is 0. The number of phenolic OH excluding ortho intramolecular Hbond substituents is 1. The average molecular weight is 263 g/mol. The molecule has 0 radical (unpaired) electrons. The third kappa shape index (κ3) is 2.62. The summed E-state index contributed by atoms with van der Waals surface area (Å²) in [6.07, 6.45) is 1.62. The number of phenols is 1. The van der Waals surface area contributed by atoms with Gasteiger partial charge in [0.25, 0.3) is 0 Å². The number of rotatable bonds is 3. The van der Waals surface area contributed by atoms with E-state index in [0.717, 1.165) is 11.3 Å². The molecule has 2 aromatic carbocycles. The van der Waals surface area contributed by atoms with Gasteiger partial charge in [0.2, 0.25) is 0 Å². The fourth-order valence-corrected chi connectivity index (χ4v) is 1.96. The Balaban J connectivity index is 2.11. The summed E-state index contributed by atoms with van der Waals surface area (Å²) in [6, 6.07) is 20.4. The van der Waals surface area contributed by atoms with Crippen molar-refractivity contribution in [3.05, 3.63) is 84.3 Å².